The van der Waals surface area contributed by atoms with Gasteiger partial charge < -0.3 is 10.6 Å². The van der Waals surface area contributed by atoms with Crippen molar-refractivity contribution in [3.8, 4) is 10.6 Å². The molecule has 1 aromatic heterocycles. The molecular weight excluding hydrogens is 364 g/mol. The molecule has 3 rings (SSSR count). The maximum atomic E-state index is 11.7. The summed E-state index contributed by atoms with van der Waals surface area (Å²) in [4.78, 5) is 28.2. The van der Waals surface area contributed by atoms with Crippen LogP contribution in [0.25, 0.3) is 10.6 Å². The van der Waals surface area contributed by atoms with Crippen molar-refractivity contribution in [2.45, 2.75) is 13.5 Å². The van der Waals surface area contributed by atoms with E-state index in [0.717, 1.165) is 21.1 Å². The Hall–Kier alpha value is -3.26. The van der Waals surface area contributed by atoms with Crippen LogP contribution in [0.4, 0.5) is 11.4 Å². The summed E-state index contributed by atoms with van der Waals surface area (Å²) in [5.74, 6) is -0.365. The van der Waals surface area contributed by atoms with Gasteiger partial charge in [0.25, 0.3) is 11.6 Å². The molecule has 0 radical (unpaired) electrons. The van der Waals surface area contributed by atoms with Gasteiger partial charge in [-0.1, -0.05) is 30.3 Å². The number of aryl methyl sites for hydroxylation is 1. The van der Waals surface area contributed by atoms with Gasteiger partial charge in [0.15, 0.2) is 0 Å². The lowest BCUT2D eigenvalue weighted by molar-refractivity contribution is -0.384. The highest BCUT2D eigenvalue weighted by Gasteiger charge is 2.18. The summed E-state index contributed by atoms with van der Waals surface area (Å²) in [5.41, 5.74) is 2.40. The molecule has 0 bridgehead atoms. The fourth-order valence-electron chi connectivity index (χ4n) is 2.59. The number of thiazole rings is 1. The second-order valence-electron chi connectivity index (χ2n) is 5.82. The number of nitro groups is 1. The number of rotatable bonds is 6. The highest BCUT2D eigenvalue weighted by molar-refractivity contribution is 7.15. The first kappa shape index (κ1) is 18.5. The number of amides is 1. The van der Waals surface area contributed by atoms with Gasteiger partial charge in [-0.15, -0.1) is 11.3 Å². The predicted octanol–water partition coefficient (Wildman–Crippen LogP) is 4.00. The monoisotopic (exact) mass is 382 g/mol. The molecule has 0 aliphatic rings. The quantitative estimate of drug-likeness (QED) is 0.496. The number of hydrogen-bond donors (Lipinski definition) is 2. The van der Waals surface area contributed by atoms with E-state index in [0.29, 0.717) is 12.2 Å². The Balaban J connectivity index is 1.82. The summed E-state index contributed by atoms with van der Waals surface area (Å²) in [6, 6.07) is 14.3. The number of anilines is 1. The van der Waals surface area contributed by atoms with Crippen molar-refractivity contribution in [3.05, 3.63) is 74.8 Å². The lowest BCUT2D eigenvalue weighted by Gasteiger charge is -2.08. The molecule has 1 heterocycles. The third-order valence-electron chi connectivity index (χ3n) is 4.04. The van der Waals surface area contributed by atoms with Crippen LogP contribution in [0.3, 0.4) is 0 Å². The van der Waals surface area contributed by atoms with Crippen molar-refractivity contribution < 1.29 is 9.72 Å². The molecule has 8 heteroatoms. The second kappa shape index (κ2) is 7.96. The summed E-state index contributed by atoms with van der Waals surface area (Å²) in [6.07, 6.45) is 0. The van der Waals surface area contributed by atoms with Crippen LogP contribution in [-0.2, 0) is 6.54 Å². The number of carbonyl (C=O) groups excluding carboxylic acids is 1. The number of nitro benzene ring substituents is 1. The summed E-state index contributed by atoms with van der Waals surface area (Å²) in [5, 5.41) is 17.8. The van der Waals surface area contributed by atoms with Gasteiger partial charge in [-0.3, -0.25) is 14.9 Å². The second-order valence-corrected chi connectivity index (χ2v) is 6.90. The van der Waals surface area contributed by atoms with E-state index in [9.17, 15) is 14.9 Å². The Morgan fingerprint density at radius 1 is 1.22 bits per heavy atom. The highest BCUT2D eigenvalue weighted by Crippen LogP contribution is 2.30. The molecule has 3 aromatic rings. The Morgan fingerprint density at radius 2 is 1.96 bits per heavy atom. The number of aromatic nitrogens is 1. The Kier molecular flexibility index (Phi) is 5.46. The normalized spacial score (nSPS) is 10.4. The molecule has 0 unspecified atom stereocenters. The largest absolute Gasteiger partial charge is 0.375 e. The van der Waals surface area contributed by atoms with Crippen LogP contribution in [0.1, 0.15) is 20.9 Å². The molecule has 0 saturated heterocycles. The molecule has 0 fully saturated rings. The Morgan fingerprint density at radius 3 is 2.63 bits per heavy atom. The maximum absolute atomic E-state index is 11.7. The zero-order valence-corrected chi connectivity index (χ0v) is 15.7. The number of nitrogens with zero attached hydrogens (tertiary/aromatic N) is 2. The molecule has 138 valence electrons. The van der Waals surface area contributed by atoms with Gasteiger partial charge >= 0.3 is 0 Å². The van der Waals surface area contributed by atoms with E-state index in [2.05, 4.69) is 15.6 Å². The summed E-state index contributed by atoms with van der Waals surface area (Å²) >= 11 is 1.55. The molecule has 2 aromatic carbocycles. The molecule has 7 nitrogen and oxygen atoms in total. The first-order chi connectivity index (χ1) is 13.0. The van der Waals surface area contributed by atoms with Crippen LogP contribution in [-0.4, -0.2) is 22.9 Å². The van der Waals surface area contributed by atoms with Crippen LogP contribution in [0.15, 0.2) is 48.5 Å². The zero-order chi connectivity index (χ0) is 19.4. The number of nitrogens with one attached hydrogen (secondary N) is 2. The molecule has 0 aliphatic carbocycles. The maximum Gasteiger partial charge on any atom is 0.293 e. The number of benzene rings is 2. The van der Waals surface area contributed by atoms with Crippen molar-refractivity contribution >= 4 is 28.6 Å². The van der Waals surface area contributed by atoms with E-state index in [-0.39, 0.29) is 17.2 Å². The molecule has 1 amide bonds. The van der Waals surface area contributed by atoms with E-state index in [1.54, 1.807) is 23.5 Å². The van der Waals surface area contributed by atoms with E-state index in [1.165, 1.54) is 13.1 Å². The molecule has 0 aliphatic heterocycles. The first-order valence-corrected chi connectivity index (χ1v) is 9.07. The van der Waals surface area contributed by atoms with Gasteiger partial charge in [0.05, 0.1) is 17.2 Å². The summed E-state index contributed by atoms with van der Waals surface area (Å²) < 4.78 is 0. The molecular formula is C19H18N4O3S. The molecule has 0 atom stereocenters. The summed E-state index contributed by atoms with van der Waals surface area (Å²) in [6.45, 7) is 2.33. The molecule has 2 N–H and O–H groups in total. The van der Waals surface area contributed by atoms with Crippen molar-refractivity contribution in [1.29, 1.82) is 0 Å². The lowest BCUT2D eigenvalue weighted by atomic mass is 10.1. The fraction of sp³-hybridized carbons (Fsp3) is 0.158. The third-order valence-corrected chi connectivity index (χ3v) is 5.24. The zero-order valence-electron chi connectivity index (χ0n) is 14.9. The average molecular weight is 382 g/mol. The molecule has 0 saturated carbocycles. The first-order valence-electron chi connectivity index (χ1n) is 8.25. The van der Waals surface area contributed by atoms with Gasteiger partial charge in [-0.05, 0) is 19.1 Å². The van der Waals surface area contributed by atoms with Crippen LogP contribution >= 0.6 is 11.3 Å². The third kappa shape index (κ3) is 4.12. The lowest BCUT2D eigenvalue weighted by Crippen LogP contribution is -2.18. The molecule has 0 spiro atoms. The minimum atomic E-state index is -0.496. The van der Waals surface area contributed by atoms with Gasteiger partial charge in [0.1, 0.15) is 10.7 Å². The highest BCUT2D eigenvalue weighted by atomic mass is 32.1. The van der Waals surface area contributed by atoms with Gasteiger partial charge in [-0.2, -0.15) is 0 Å². The SMILES string of the molecule is CNC(=O)c1ccc(NCc2sc(-c3ccccc3)nc2C)c([N+](=O)[O-])c1. The number of carbonyl (C=O) groups is 1. The van der Waals surface area contributed by atoms with E-state index < -0.39 is 4.92 Å². The van der Waals surface area contributed by atoms with Crippen molar-refractivity contribution in [2.24, 2.45) is 0 Å². The van der Waals surface area contributed by atoms with Crippen LogP contribution in [0.5, 0.6) is 0 Å². The topological polar surface area (TPSA) is 97.2 Å². The average Bonchev–Trinajstić information content (AvgIpc) is 3.07. The van der Waals surface area contributed by atoms with Crippen molar-refractivity contribution in [2.75, 3.05) is 12.4 Å². The van der Waals surface area contributed by atoms with Crippen LogP contribution < -0.4 is 10.6 Å². The van der Waals surface area contributed by atoms with Crippen LogP contribution in [0, 0.1) is 17.0 Å². The number of hydrogen-bond acceptors (Lipinski definition) is 6. The minimum Gasteiger partial charge on any atom is -0.375 e. The van der Waals surface area contributed by atoms with E-state index >= 15 is 0 Å². The predicted molar refractivity (Wildman–Crippen MR) is 106 cm³/mol. The Labute approximate surface area is 160 Å². The minimum absolute atomic E-state index is 0.137. The van der Waals surface area contributed by atoms with Crippen molar-refractivity contribution in [3.63, 3.8) is 0 Å². The molecule has 27 heavy (non-hydrogen) atoms. The van der Waals surface area contributed by atoms with Crippen molar-refractivity contribution in [1.82, 2.24) is 10.3 Å². The van der Waals surface area contributed by atoms with E-state index in [4.69, 9.17) is 0 Å². The smallest absolute Gasteiger partial charge is 0.293 e. The summed E-state index contributed by atoms with van der Waals surface area (Å²) in [7, 11) is 1.48. The van der Waals surface area contributed by atoms with Crippen LogP contribution in [0.2, 0.25) is 0 Å². The standard InChI is InChI=1S/C19H18N4O3S/c1-12-17(27-19(22-12)13-6-4-3-5-7-13)11-21-15-9-8-14(18(24)20-2)10-16(15)23(25)26/h3-10,21H,11H2,1-2H3,(H,20,24). The van der Waals surface area contributed by atoms with E-state index in [1.807, 2.05) is 37.3 Å². The van der Waals surface area contributed by atoms with Gasteiger partial charge in [0, 0.05) is 29.1 Å². The fourth-order valence-corrected chi connectivity index (χ4v) is 3.60. The van der Waals surface area contributed by atoms with Gasteiger partial charge in [0.2, 0.25) is 0 Å². The Bertz CT molecular complexity index is 986. The van der Waals surface area contributed by atoms with Gasteiger partial charge in [-0.25, -0.2) is 4.98 Å².